The van der Waals surface area contributed by atoms with Crippen LogP contribution in [0, 0.1) is 0 Å². The van der Waals surface area contributed by atoms with E-state index in [1.54, 1.807) is 0 Å². The number of rotatable bonds is 2. The van der Waals surface area contributed by atoms with Crippen molar-refractivity contribution in [2.75, 3.05) is 20.2 Å². The molecule has 18 heavy (non-hydrogen) atoms. The molecule has 3 rings (SSSR count). The fraction of sp³-hybridized carbons (Fsp3) is 0.600. The summed E-state index contributed by atoms with van der Waals surface area (Å²) in [5, 5.41) is 3.81. The number of benzene rings is 1. The third-order valence-electron chi connectivity index (χ3n) is 4.28. The van der Waals surface area contributed by atoms with E-state index >= 15 is 0 Å². The van der Waals surface area contributed by atoms with E-state index in [1.807, 2.05) is 6.07 Å². The molecule has 3 nitrogen and oxygen atoms in total. The quantitative estimate of drug-likeness (QED) is 0.865. The number of hydrogen-bond donors (Lipinski definition) is 1. The smallest absolute Gasteiger partial charge is 0.124 e. The molecule has 2 aliphatic rings. The highest BCUT2D eigenvalue weighted by molar-refractivity contribution is 5.37. The van der Waals surface area contributed by atoms with Gasteiger partial charge >= 0.3 is 0 Å². The van der Waals surface area contributed by atoms with Gasteiger partial charge in [-0.1, -0.05) is 18.2 Å². The van der Waals surface area contributed by atoms with Gasteiger partial charge in [0.25, 0.3) is 0 Å². The highest BCUT2D eigenvalue weighted by Crippen LogP contribution is 2.32. The molecule has 0 aliphatic carbocycles. The van der Waals surface area contributed by atoms with E-state index in [0.29, 0.717) is 18.1 Å². The van der Waals surface area contributed by atoms with Gasteiger partial charge in [-0.15, -0.1) is 0 Å². The molecule has 98 valence electrons. The predicted octanol–water partition coefficient (Wildman–Crippen LogP) is 2.19. The van der Waals surface area contributed by atoms with Crippen molar-refractivity contribution in [1.29, 1.82) is 0 Å². The van der Waals surface area contributed by atoms with Gasteiger partial charge < -0.3 is 15.0 Å². The van der Waals surface area contributed by atoms with Crippen LogP contribution < -0.4 is 10.1 Å². The van der Waals surface area contributed by atoms with E-state index in [1.165, 1.54) is 12.0 Å². The Hall–Kier alpha value is -1.06. The monoisotopic (exact) mass is 246 g/mol. The minimum Gasteiger partial charge on any atom is -0.493 e. The lowest BCUT2D eigenvalue weighted by atomic mass is 9.99. The van der Waals surface area contributed by atoms with Crippen LogP contribution in [0.1, 0.15) is 31.4 Å². The van der Waals surface area contributed by atoms with Crippen molar-refractivity contribution in [3.63, 3.8) is 0 Å². The Morgan fingerprint density at radius 3 is 2.94 bits per heavy atom. The Labute approximate surface area is 109 Å². The summed E-state index contributed by atoms with van der Waals surface area (Å²) in [5.41, 5.74) is 1.32. The number of ether oxygens (including phenoxy) is 1. The van der Waals surface area contributed by atoms with E-state index in [0.717, 1.165) is 25.3 Å². The molecule has 0 bridgehead atoms. The largest absolute Gasteiger partial charge is 0.493 e. The molecule has 0 aromatic heterocycles. The van der Waals surface area contributed by atoms with E-state index in [9.17, 15) is 0 Å². The Balaban J connectivity index is 1.71. The van der Waals surface area contributed by atoms with Crippen LogP contribution >= 0.6 is 0 Å². The average Bonchev–Trinajstić information content (AvgIpc) is 2.69. The van der Waals surface area contributed by atoms with Gasteiger partial charge in [-0.3, -0.25) is 0 Å². The lowest BCUT2D eigenvalue weighted by Crippen LogP contribution is -2.37. The normalized spacial score (nSPS) is 32.0. The van der Waals surface area contributed by atoms with Crippen molar-refractivity contribution in [2.45, 2.75) is 37.9 Å². The summed E-state index contributed by atoms with van der Waals surface area (Å²) in [6.45, 7) is 4.28. The van der Waals surface area contributed by atoms with Crippen molar-refractivity contribution in [1.82, 2.24) is 10.2 Å². The first-order valence-electron chi connectivity index (χ1n) is 6.92. The molecule has 1 saturated heterocycles. The SMILES string of the molecule is CC1CC(NC2CCOc3ccccc32)CN1C. The van der Waals surface area contributed by atoms with Gasteiger partial charge in [0, 0.05) is 36.7 Å². The Kier molecular flexibility index (Phi) is 3.27. The van der Waals surface area contributed by atoms with Crippen molar-refractivity contribution in [2.24, 2.45) is 0 Å². The zero-order valence-corrected chi connectivity index (χ0v) is 11.2. The lowest BCUT2D eigenvalue weighted by molar-refractivity contribution is 0.243. The van der Waals surface area contributed by atoms with Gasteiger partial charge in [0.15, 0.2) is 0 Å². The zero-order valence-electron chi connectivity index (χ0n) is 11.2. The summed E-state index contributed by atoms with van der Waals surface area (Å²) in [6.07, 6.45) is 2.32. The van der Waals surface area contributed by atoms with Crippen LogP contribution in [0.4, 0.5) is 0 Å². The number of hydrogen-bond acceptors (Lipinski definition) is 3. The summed E-state index contributed by atoms with van der Waals surface area (Å²) >= 11 is 0. The van der Waals surface area contributed by atoms with Gasteiger partial charge in [0.2, 0.25) is 0 Å². The Morgan fingerprint density at radius 1 is 1.33 bits per heavy atom. The second-order valence-electron chi connectivity index (χ2n) is 5.62. The molecular weight excluding hydrogens is 224 g/mol. The van der Waals surface area contributed by atoms with Crippen molar-refractivity contribution >= 4 is 0 Å². The first-order valence-corrected chi connectivity index (χ1v) is 6.92. The second-order valence-corrected chi connectivity index (χ2v) is 5.62. The van der Waals surface area contributed by atoms with Gasteiger partial charge in [-0.25, -0.2) is 0 Å². The fourth-order valence-corrected chi connectivity index (χ4v) is 3.11. The summed E-state index contributed by atoms with van der Waals surface area (Å²) < 4.78 is 5.71. The maximum absolute atomic E-state index is 5.71. The third-order valence-corrected chi connectivity index (χ3v) is 4.28. The van der Waals surface area contributed by atoms with Crippen LogP contribution in [-0.4, -0.2) is 37.2 Å². The molecule has 1 N–H and O–H groups in total. The van der Waals surface area contributed by atoms with Crippen molar-refractivity contribution in [3.05, 3.63) is 29.8 Å². The molecule has 3 heteroatoms. The Bertz CT molecular complexity index is 411. The number of para-hydroxylation sites is 1. The summed E-state index contributed by atoms with van der Waals surface area (Å²) in [7, 11) is 2.21. The molecule has 3 unspecified atom stereocenters. The van der Waals surface area contributed by atoms with Crippen LogP contribution in [0.15, 0.2) is 24.3 Å². The maximum Gasteiger partial charge on any atom is 0.124 e. The van der Waals surface area contributed by atoms with Gasteiger partial charge in [0.05, 0.1) is 6.61 Å². The summed E-state index contributed by atoms with van der Waals surface area (Å²) in [5.74, 6) is 1.06. The van der Waals surface area contributed by atoms with E-state index in [4.69, 9.17) is 4.74 Å². The standard InChI is InChI=1S/C15H22N2O/c1-11-9-12(10-17(11)2)16-14-7-8-18-15-6-4-3-5-13(14)15/h3-6,11-12,14,16H,7-10H2,1-2H3. The zero-order chi connectivity index (χ0) is 12.5. The topological polar surface area (TPSA) is 24.5 Å². The lowest BCUT2D eigenvalue weighted by Gasteiger charge is -2.29. The summed E-state index contributed by atoms with van der Waals surface area (Å²) in [6, 6.07) is 10.2. The van der Waals surface area contributed by atoms with E-state index in [2.05, 4.69) is 42.4 Å². The van der Waals surface area contributed by atoms with Crippen LogP contribution in [0.3, 0.4) is 0 Å². The molecule has 2 heterocycles. The number of likely N-dealkylation sites (tertiary alicyclic amines) is 1. The molecule has 2 aliphatic heterocycles. The highest BCUT2D eigenvalue weighted by atomic mass is 16.5. The molecule has 1 aromatic carbocycles. The van der Waals surface area contributed by atoms with Crippen LogP contribution in [0.5, 0.6) is 5.75 Å². The number of nitrogens with zero attached hydrogens (tertiary/aromatic N) is 1. The molecule has 0 radical (unpaired) electrons. The minimum atomic E-state index is 0.457. The average molecular weight is 246 g/mol. The molecular formula is C15H22N2O. The van der Waals surface area contributed by atoms with Crippen LogP contribution in [-0.2, 0) is 0 Å². The maximum atomic E-state index is 5.71. The van der Waals surface area contributed by atoms with Gasteiger partial charge in [0.1, 0.15) is 5.75 Å². The minimum absolute atomic E-state index is 0.457. The number of fused-ring (bicyclic) bond motifs is 1. The Morgan fingerprint density at radius 2 is 2.17 bits per heavy atom. The molecule has 1 fully saturated rings. The first kappa shape index (κ1) is 12.0. The van der Waals surface area contributed by atoms with Crippen molar-refractivity contribution in [3.8, 4) is 5.75 Å². The molecule has 3 atom stereocenters. The number of likely N-dealkylation sites (N-methyl/N-ethyl adjacent to an activating group) is 1. The fourth-order valence-electron chi connectivity index (χ4n) is 3.11. The molecule has 1 aromatic rings. The van der Waals surface area contributed by atoms with Crippen LogP contribution in [0.2, 0.25) is 0 Å². The second kappa shape index (κ2) is 4.90. The van der Waals surface area contributed by atoms with E-state index < -0.39 is 0 Å². The molecule has 0 saturated carbocycles. The number of nitrogens with one attached hydrogen (secondary N) is 1. The first-order chi connectivity index (χ1) is 8.74. The van der Waals surface area contributed by atoms with Crippen LogP contribution in [0.25, 0.3) is 0 Å². The van der Waals surface area contributed by atoms with Crippen molar-refractivity contribution < 1.29 is 4.74 Å². The molecule has 0 spiro atoms. The van der Waals surface area contributed by atoms with Gasteiger partial charge in [-0.05, 0) is 26.5 Å². The van der Waals surface area contributed by atoms with Gasteiger partial charge in [-0.2, -0.15) is 0 Å². The summed E-state index contributed by atoms with van der Waals surface area (Å²) in [4.78, 5) is 2.43. The third kappa shape index (κ3) is 2.25. The molecule has 0 amide bonds. The predicted molar refractivity (Wildman–Crippen MR) is 72.9 cm³/mol. The highest BCUT2D eigenvalue weighted by Gasteiger charge is 2.30. The van der Waals surface area contributed by atoms with E-state index in [-0.39, 0.29) is 0 Å².